The van der Waals surface area contributed by atoms with Crippen LogP contribution in [0.1, 0.15) is 59.3 Å². The molecule has 1 rings (SSSR count). The van der Waals surface area contributed by atoms with Gasteiger partial charge in [0.15, 0.2) is 0 Å². The van der Waals surface area contributed by atoms with Crippen LogP contribution < -0.4 is 5.73 Å². The van der Waals surface area contributed by atoms with Gasteiger partial charge in [-0.25, -0.2) is 0 Å². The van der Waals surface area contributed by atoms with Crippen molar-refractivity contribution in [2.75, 3.05) is 6.54 Å². The Morgan fingerprint density at radius 2 is 2.07 bits per heavy atom. The smallest absolute Gasteiger partial charge is 0.00489 e. The Morgan fingerprint density at radius 3 is 2.53 bits per heavy atom. The summed E-state index contributed by atoms with van der Waals surface area (Å²) in [5.74, 6) is 3.63. The SMILES string of the molecule is CCC(CN)CC(C)CC1CCCC1C. The fraction of sp³-hybridized carbons (Fsp3) is 1.00. The molecule has 0 bridgehead atoms. The Bertz CT molecular complexity index is 163. The van der Waals surface area contributed by atoms with Gasteiger partial charge in [-0.2, -0.15) is 0 Å². The summed E-state index contributed by atoms with van der Waals surface area (Å²) in [6, 6.07) is 0. The molecule has 0 aromatic carbocycles. The lowest BCUT2D eigenvalue weighted by atomic mass is 9.83. The van der Waals surface area contributed by atoms with Gasteiger partial charge < -0.3 is 5.73 Å². The molecule has 4 unspecified atom stereocenters. The molecule has 0 saturated heterocycles. The van der Waals surface area contributed by atoms with Crippen LogP contribution in [0.2, 0.25) is 0 Å². The Kier molecular flexibility index (Phi) is 5.66. The van der Waals surface area contributed by atoms with Crippen molar-refractivity contribution in [3.8, 4) is 0 Å². The molecular weight excluding hydrogens is 182 g/mol. The third-order valence-corrected chi connectivity index (χ3v) is 4.39. The molecule has 0 spiro atoms. The van der Waals surface area contributed by atoms with Crippen molar-refractivity contribution in [1.82, 2.24) is 0 Å². The minimum absolute atomic E-state index is 0.761. The van der Waals surface area contributed by atoms with Crippen molar-refractivity contribution in [1.29, 1.82) is 0 Å². The molecule has 1 nitrogen and oxygen atoms in total. The van der Waals surface area contributed by atoms with Crippen molar-refractivity contribution in [2.24, 2.45) is 29.4 Å². The fourth-order valence-corrected chi connectivity index (χ4v) is 3.18. The normalized spacial score (nSPS) is 30.4. The summed E-state index contributed by atoms with van der Waals surface area (Å²) < 4.78 is 0. The summed E-state index contributed by atoms with van der Waals surface area (Å²) in [7, 11) is 0. The van der Waals surface area contributed by atoms with Gasteiger partial charge in [-0.15, -0.1) is 0 Å². The molecule has 2 N–H and O–H groups in total. The lowest BCUT2D eigenvalue weighted by Crippen LogP contribution is -2.18. The molecule has 0 heterocycles. The Labute approximate surface area is 95.8 Å². The van der Waals surface area contributed by atoms with Gasteiger partial charge >= 0.3 is 0 Å². The lowest BCUT2D eigenvalue weighted by molar-refractivity contribution is 0.287. The maximum Gasteiger partial charge on any atom is -0.00489 e. The van der Waals surface area contributed by atoms with Crippen LogP contribution >= 0.6 is 0 Å². The average molecular weight is 211 g/mol. The van der Waals surface area contributed by atoms with E-state index in [4.69, 9.17) is 5.73 Å². The standard InChI is InChI=1S/C14H29N/c1-4-13(10-15)8-11(2)9-14-7-5-6-12(14)3/h11-14H,4-10,15H2,1-3H3. The van der Waals surface area contributed by atoms with Gasteiger partial charge in [-0.3, -0.25) is 0 Å². The van der Waals surface area contributed by atoms with Crippen LogP contribution in [0.25, 0.3) is 0 Å². The second-order valence-electron chi connectivity index (χ2n) is 5.75. The molecular formula is C14H29N. The molecule has 0 aromatic rings. The third-order valence-electron chi connectivity index (χ3n) is 4.39. The highest BCUT2D eigenvalue weighted by molar-refractivity contribution is 4.76. The molecule has 0 amide bonds. The third kappa shape index (κ3) is 4.14. The van der Waals surface area contributed by atoms with Crippen molar-refractivity contribution < 1.29 is 0 Å². The largest absolute Gasteiger partial charge is 0.330 e. The monoisotopic (exact) mass is 211 g/mol. The lowest BCUT2D eigenvalue weighted by Gasteiger charge is -2.23. The van der Waals surface area contributed by atoms with Crippen LogP contribution in [0, 0.1) is 23.7 Å². The van der Waals surface area contributed by atoms with E-state index < -0.39 is 0 Å². The zero-order valence-electron chi connectivity index (χ0n) is 10.8. The highest BCUT2D eigenvalue weighted by atomic mass is 14.5. The molecule has 1 saturated carbocycles. The summed E-state index contributed by atoms with van der Waals surface area (Å²) in [6.45, 7) is 8.00. The molecule has 0 aliphatic heterocycles. The number of nitrogens with two attached hydrogens (primary N) is 1. The summed E-state index contributed by atoms with van der Waals surface area (Å²) in [4.78, 5) is 0. The van der Waals surface area contributed by atoms with Crippen molar-refractivity contribution >= 4 is 0 Å². The van der Waals surface area contributed by atoms with Crippen LogP contribution in [0.15, 0.2) is 0 Å². The molecule has 1 aliphatic carbocycles. The van der Waals surface area contributed by atoms with Gasteiger partial charge in [-0.1, -0.05) is 46.5 Å². The first kappa shape index (κ1) is 13.0. The van der Waals surface area contributed by atoms with E-state index in [2.05, 4.69) is 20.8 Å². The first-order valence-electron chi connectivity index (χ1n) is 6.87. The first-order valence-corrected chi connectivity index (χ1v) is 6.87. The van der Waals surface area contributed by atoms with Gasteiger partial charge in [0.25, 0.3) is 0 Å². The van der Waals surface area contributed by atoms with Gasteiger partial charge in [-0.05, 0) is 43.1 Å². The van der Waals surface area contributed by atoms with Crippen LogP contribution in [-0.4, -0.2) is 6.54 Å². The first-order chi connectivity index (χ1) is 7.17. The quantitative estimate of drug-likeness (QED) is 0.710. The summed E-state index contributed by atoms with van der Waals surface area (Å²) in [5.41, 5.74) is 5.77. The van der Waals surface area contributed by atoms with E-state index in [0.29, 0.717) is 0 Å². The second kappa shape index (κ2) is 6.52. The Morgan fingerprint density at radius 1 is 1.33 bits per heavy atom. The number of hydrogen-bond acceptors (Lipinski definition) is 1. The minimum atomic E-state index is 0.761. The van der Waals surface area contributed by atoms with Gasteiger partial charge in [0, 0.05) is 0 Å². The molecule has 0 radical (unpaired) electrons. The summed E-state index contributed by atoms with van der Waals surface area (Å²) in [6.07, 6.45) is 8.44. The molecule has 4 atom stereocenters. The van der Waals surface area contributed by atoms with E-state index >= 15 is 0 Å². The molecule has 1 aliphatic rings. The maximum absolute atomic E-state index is 5.77. The summed E-state index contributed by atoms with van der Waals surface area (Å²) in [5, 5.41) is 0. The Hall–Kier alpha value is -0.0400. The predicted molar refractivity (Wildman–Crippen MR) is 67.7 cm³/mol. The number of hydrogen-bond donors (Lipinski definition) is 1. The number of rotatable bonds is 6. The topological polar surface area (TPSA) is 26.0 Å². The molecule has 1 heteroatoms. The highest BCUT2D eigenvalue weighted by Gasteiger charge is 2.25. The Balaban J connectivity index is 2.25. The van der Waals surface area contributed by atoms with E-state index in [0.717, 1.165) is 30.2 Å². The van der Waals surface area contributed by atoms with Crippen molar-refractivity contribution in [3.63, 3.8) is 0 Å². The van der Waals surface area contributed by atoms with E-state index in [-0.39, 0.29) is 0 Å². The van der Waals surface area contributed by atoms with Crippen LogP contribution in [0.4, 0.5) is 0 Å². The van der Waals surface area contributed by atoms with E-state index in [1.165, 1.54) is 38.5 Å². The maximum atomic E-state index is 5.77. The average Bonchev–Trinajstić information content (AvgIpc) is 2.61. The molecule has 90 valence electrons. The van der Waals surface area contributed by atoms with Crippen molar-refractivity contribution in [2.45, 2.75) is 59.3 Å². The predicted octanol–water partition coefficient (Wildman–Crippen LogP) is 3.82. The van der Waals surface area contributed by atoms with E-state index in [1.54, 1.807) is 0 Å². The van der Waals surface area contributed by atoms with E-state index in [1.807, 2.05) is 0 Å². The zero-order chi connectivity index (χ0) is 11.3. The summed E-state index contributed by atoms with van der Waals surface area (Å²) >= 11 is 0. The fourth-order valence-electron chi connectivity index (χ4n) is 3.18. The highest BCUT2D eigenvalue weighted by Crippen LogP contribution is 2.36. The second-order valence-corrected chi connectivity index (χ2v) is 5.75. The molecule has 1 fully saturated rings. The van der Waals surface area contributed by atoms with E-state index in [9.17, 15) is 0 Å². The van der Waals surface area contributed by atoms with Crippen LogP contribution in [0.5, 0.6) is 0 Å². The molecule has 0 aromatic heterocycles. The van der Waals surface area contributed by atoms with Crippen LogP contribution in [0.3, 0.4) is 0 Å². The zero-order valence-corrected chi connectivity index (χ0v) is 10.8. The minimum Gasteiger partial charge on any atom is -0.330 e. The van der Waals surface area contributed by atoms with Gasteiger partial charge in [0.05, 0.1) is 0 Å². The van der Waals surface area contributed by atoms with Gasteiger partial charge in [0.2, 0.25) is 0 Å². The van der Waals surface area contributed by atoms with Crippen LogP contribution in [-0.2, 0) is 0 Å². The molecule has 15 heavy (non-hydrogen) atoms. The van der Waals surface area contributed by atoms with Crippen molar-refractivity contribution in [3.05, 3.63) is 0 Å². The van der Waals surface area contributed by atoms with Gasteiger partial charge in [0.1, 0.15) is 0 Å².